The zero-order valence-corrected chi connectivity index (χ0v) is 12.5. The van der Waals surface area contributed by atoms with Gasteiger partial charge in [-0.1, -0.05) is 26.0 Å². The van der Waals surface area contributed by atoms with E-state index in [1.54, 1.807) is 23.5 Å². The topological polar surface area (TPSA) is 73.1 Å². The van der Waals surface area contributed by atoms with Crippen molar-refractivity contribution in [1.29, 1.82) is 0 Å². The second-order valence-corrected chi connectivity index (χ2v) is 7.23. The smallest absolute Gasteiger partial charge is 0.238 e. The van der Waals surface area contributed by atoms with Crippen LogP contribution in [0.1, 0.15) is 19.5 Å². The molecule has 0 aliphatic carbocycles. The fourth-order valence-electron chi connectivity index (χ4n) is 1.74. The van der Waals surface area contributed by atoms with Crippen molar-refractivity contribution in [3.05, 3.63) is 35.3 Å². The fourth-order valence-corrected chi connectivity index (χ4v) is 3.09. The first-order valence-corrected chi connectivity index (χ1v) is 8.36. The maximum Gasteiger partial charge on any atom is 0.238 e. The van der Waals surface area contributed by atoms with Crippen molar-refractivity contribution >= 4 is 21.4 Å². The molecular formula is C13H16N2O2S2. The lowest BCUT2D eigenvalue weighted by atomic mass is 10.1. The number of nitrogens with zero attached hydrogens (tertiary/aromatic N) is 1. The van der Waals surface area contributed by atoms with E-state index >= 15 is 0 Å². The highest BCUT2D eigenvalue weighted by Gasteiger charge is 2.10. The average Bonchev–Trinajstić information content (AvgIpc) is 2.75. The van der Waals surface area contributed by atoms with Crippen molar-refractivity contribution in [2.45, 2.75) is 25.2 Å². The molecule has 0 aliphatic rings. The highest BCUT2D eigenvalue weighted by Crippen LogP contribution is 2.25. The van der Waals surface area contributed by atoms with Gasteiger partial charge in [0.1, 0.15) is 5.01 Å². The maximum atomic E-state index is 11.2. The van der Waals surface area contributed by atoms with Gasteiger partial charge in [-0.15, -0.1) is 11.3 Å². The molecule has 2 aromatic rings. The minimum atomic E-state index is -3.63. The number of hydrogen-bond donors (Lipinski definition) is 1. The Balaban J connectivity index is 2.25. The first-order chi connectivity index (χ1) is 8.86. The average molecular weight is 296 g/mol. The Morgan fingerprint density at radius 2 is 1.89 bits per heavy atom. The minimum Gasteiger partial charge on any atom is -0.241 e. The lowest BCUT2D eigenvalue weighted by molar-refractivity contribution is 0.598. The summed E-state index contributed by atoms with van der Waals surface area (Å²) in [6.07, 6.45) is 0.950. The summed E-state index contributed by atoms with van der Waals surface area (Å²) >= 11 is 1.57. The summed E-state index contributed by atoms with van der Waals surface area (Å²) in [5.41, 5.74) is 1.98. The lowest BCUT2D eigenvalue weighted by Gasteiger charge is -2.01. The van der Waals surface area contributed by atoms with E-state index in [4.69, 9.17) is 5.14 Å². The quantitative estimate of drug-likeness (QED) is 0.942. The maximum absolute atomic E-state index is 11.2. The third kappa shape index (κ3) is 3.62. The van der Waals surface area contributed by atoms with E-state index in [9.17, 15) is 8.42 Å². The largest absolute Gasteiger partial charge is 0.241 e. The molecule has 19 heavy (non-hydrogen) atoms. The minimum absolute atomic E-state index is 0.121. The monoisotopic (exact) mass is 296 g/mol. The number of hydrogen-bond acceptors (Lipinski definition) is 4. The van der Waals surface area contributed by atoms with Gasteiger partial charge >= 0.3 is 0 Å². The predicted octanol–water partition coefficient (Wildman–Crippen LogP) is 2.66. The van der Waals surface area contributed by atoms with Crippen molar-refractivity contribution in [1.82, 2.24) is 4.98 Å². The molecule has 0 aliphatic heterocycles. The van der Waals surface area contributed by atoms with Crippen molar-refractivity contribution in [3.63, 3.8) is 0 Å². The van der Waals surface area contributed by atoms with Gasteiger partial charge in [0, 0.05) is 10.9 Å². The third-order valence-electron chi connectivity index (χ3n) is 2.60. The highest BCUT2D eigenvalue weighted by atomic mass is 32.2. The summed E-state index contributed by atoms with van der Waals surface area (Å²) in [6.45, 7) is 4.31. The number of thiazole rings is 1. The number of benzene rings is 1. The van der Waals surface area contributed by atoms with Crippen LogP contribution >= 0.6 is 11.3 Å². The number of sulfonamides is 1. The van der Waals surface area contributed by atoms with Crippen molar-refractivity contribution in [2.24, 2.45) is 11.1 Å². The van der Waals surface area contributed by atoms with E-state index in [0.717, 1.165) is 22.7 Å². The highest BCUT2D eigenvalue weighted by molar-refractivity contribution is 7.89. The van der Waals surface area contributed by atoms with Gasteiger partial charge in [0.25, 0.3) is 0 Å². The third-order valence-corrected chi connectivity index (χ3v) is 4.47. The summed E-state index contributed by atoms with van der Waals surface area (Å²) in [5, 5.41) is 8.01. The second kappa shape index (κ2) is 5.40. The van der Waals surface area contributed by atoms with Gasteiger partial charge in [0.15, 0.2) is 0 Å². The number of aromatic nitrogens is 1. The van der Waals surface area contributed by atoms with Gasteiger partial charge in [-0.3, -0.25) is 0 Å². The van der Waals surface area contributed by atoms with E-state index < -0.39 is 10.0 Å². The molecular weight excluding hydrogens is 280 g/mol. The molecule has 1 aromatic heterocycles. The van der Waals surface area contributed by atoms with E-state index in [0.29, 0.717) is 5.92 Å². The molecule has 2 N–H and O–H groups in total. The molecule has 0 unspecified atom stereocenters. The van der Waals surface area contributed by atoms with Crippen LogP contribution in [0.5, 0.6) is 0 Å². The normalized spacial score (nSPS) is 12.0. The molecule has 4 nitrogen and oxygen atoms in total. The molecule has 1 heterocycles. The number of primary sulfonamides is 1. The molecule has 6 heteroatoms. The van der Waals surface area contributed by atoms with Gasteiger partial charge in [-0.2, -0.15) is 0 Å². The second-order valence-electron chi connectivity index (χ2n) is 4.81. The Labute approximate surface area is 117 Å². The van der Waals surface area contributed by atoms with Gasteiger partial charge < -0.3 is 0 Å². The van der Waals surface area contributed by atoms with Gasteiger partial charge in [-0.05, 0) is 24.5 Å². The Morgan fingerprint density at radius 3 is 2.42 bits per heavy atom. The van der Waals surface area contributed by atoms with Crippen LogP contribution in [0.2, 0.25) is 0 Å². The van der Waals surface area contributed by atoms with Crippen LogP contribution in [0.15, 0.2) is 34.5 Å². The molecule has 0 saturated carbocycles. The van der Waals surface area contributed by atoms with Gasteiger partial charge in [-0.25, -0.2) is 18.5 Å². The summed E-state index contributed by atoms with van der Waals surface area (Å²) in [7, 11) is -3.63. The summed E-state index contributed by atoms with van der Waals surface area (Å²) in [6, 6.07) is 6.48. The van der Waals surface area contributed by atoms with Crippen LogP contribution in [0.25, 0.3) is 10.6 Å². The van der Waals surface area contributed by atoms with Crippen LogP contribution < -0.4 is 5.14 Å². The Hall–Kier alpha value is -1.24. The molecule has 0 bridgehead atoms. The van der Waals surface area contributed by atoms with E-state index in [1.807, 2.05) is 5.38 Å². The summed E-state index contributed by atoms with van der Waals surface area (Å²) in [5.74, 6) is 0.569. The molecule has 1 aromatic carbocycles. The Kier molecular flexibility index (Phi) is 4.03. The molecule has 0 spiro atoms. The van der Waals surface area contributed by atoms with Gasteiger partial charge in [0.2, 0.25) is 10.0 Å². The van der Waals surface area contributed by atoms with Crippen LogP contribution in [-0.2, 0) is 16.4 Å². The standard InChI is InChI=1S/C13H16N2O2S2/c1-9(2)7-11-8-18-13(15-11)10-3-5-12(6-4-10)19(14,16)17/h3-6,8-9H,7H2,1-2H3,(H2,14,16,17). The molecule has 102 valence electrons. The molecule has 0 amide bonds. The van der Waals surface area contributed by atoms with Crippen LogP contribution in [-0.4, -0.2) is 13.4 Å². The SMILES string of the molecule is CC(C)Cc1csc(-c2ccc(S(N)(=O)=O)cc2)n1. The Morgan fingerprint density at radius 1 is 1.26 bits per heavy atom. The van der Waals surface area contributed by atoms with Crippen LogP contribution in [0, 0.1) is 5.92 Å². The van der Waals surface area contributed by atoms with Crippen molar-refractivity contribution < 1.29 is 8.42 Å². The molecule has 0 radical (unpaired) electrons. The molecule has 2 rings (SSSR count). The lowest BCUT2D eigenvalue weighted by Crippen LogP contribution is -2.11. The number of nitrogens with two attached hydrogens (primary N) is 1. The molecule has 0 atom stereocenters. The van der Waals surface area contributed by atoms with Crippen molar-refractivity contribution in [2.75, 3.05) is 0 Å². The van der Waals surface area contributed by atoms with E-state index in [1.165, 1.54) is 12.1 Å². The van der Waals surface area contributed by atoms with Crippen molar-refractivity contribution in [3.8, 4) is 10.6 Å². The molecule has 0 fully saturated rings. The first-order valence-electron chi connectivity index (χ1n) is 5.94. The summed E-state index contributed by atoms with van der Waals surface area (Å²) in [4.78, 5) is 4.67. The zero-order valence-electron chi connectivity index (χ0n) is 10.8. The zero-order chi connectivity index (χ0) is 14.0. The Bertz CT molecular complexity index is 658. The van der Waals surface area contributed by atoms with E-state index in [2.05, 4.69) is 18.8 Å². The fraction of sp³-hybridized carbons (Fsp3) is 0.308. The first kappa shape index (κ1) is 14.2. The van der Waals surface area contributed by atoms with Gasteiger partial charge in [0.05, 0.1) is 10.6 Å². The molecule has 0 saturated heterocycles. The van der Waals surface area contributed by atoms with Crippen LogP contribution in [0.3, 0.4) is 0 Å². The van der Waals surface area contributed by atoms with E-state index in [-0.39, 0.29) is 4.90 Å². The van der Waals surface area contributed by atoms with Crippen LogP contribution in [0.4, 0.5) is 0 Å². The summed E-state index contributed by atoms with van der Waals surface area (Å²) < 4.78 is 22.3. The number of rotatable bonds is 4. The predicted molar refractivity (Wildman–Crippen MR) is 77.5 cm³/mol.